The summed E-state index contributed by atoms with van der Waals surface area (Å²) >= 11 is 3.38. The standard InChI is InChI=1S/C24H20BrN3O4/c25-18-7-9-19(10-8-18)27-24(31)17-13-20(16-5-2-1-3-6-16)23(28-12-4-11-26-28)21(14-17)32-15-22(29)30/h1-3,5-11,13-14H,4,12,15H2,(H,27,31)(H,29,30). The number of aliphatic carboxylic acids is 1. The van der Waals surface area contributed by atoms with Gasteiger partial charge >= 0.3 is 5.97 Å². The van der Waals surface area contributed by atoms with E-state index in [0.29, 0.717) is 23.5 Å². The van der Waals surface area contributed by atoms with Crippen LogP contribution in [0, 0.1) is 0 Å². The maximum Gasteiger partial charge on any atom is 0.341 e. The number of amides is 1. The molecule has 7 nitrogen and oxygen atoms in total. The van der Waals surface area contributed by atoms with Crippen LogP contribution in [-0.4, -0.2) is 36.3 Å². The summed E-state index contributed by atoms with van der Waals surface area (Å²) in [5.74, 6) is -1.15. The molecule has 1 aliphatic rings. The van der Waals surface area contributed by atoms with Crippen LogP contribution < -0.4 is 15.1 Å². The number of carboxylic acids is 1. The van der Waals surface area contributed by atoms with Crippen LogP contribution in [0.3, 0.4) is 0 Å². The molecule has 1 aliphatic heterocycles. The maximum atomic E-state index is 13.1. The summed E-state index contributed by atoms with van der Waals surface area (Å²) in [6.45, 7) is 0.101. The third-order valence-electron chi connectivity index (χ3n) is 4.82. The lowest BCUT2D eigenvalue weighted by Gasteiger charge is -2.23. The Balaban J connectivity index is 1.80. The summed E-state index contributed by atoms with van der Waals surface area (Å²) in [7, 11) is 0. The highest BCUT2D eigenvalue weighted by atomic mass is 79.9. The summed E-state index contributed by atoms with van der Waals surface area (Å²) in [6, 6.07) is 20.1. The first kappa shape index (κ1) is 21.6. The van der Waals surface area contributed by atoms with Gasteiger partial charge in [-0.2, -0.15) is 5.10 Å². The Morgan fingerprint density at radius 1 is 1.09 bits per heavy atom. The van der Waals surface area contributed by atoms with Gasteiger partial charge in [-0.3, -0.25) is 9.80 Å². The molecule has 0 spiro atoms. The number of anilines is 2. The van der Waals surface area contributed by atoms with E-state index in [2.05, 4.69) is 26.3 Å². The lowest BCUT2D eigenvalue weighted by Crippen LogP contribution is -2.19. The van der Waals surface area contributed by atoms with Gasteiger partial charge in [-0.05, 0) is 42.0 Å². The molecule has 0 bridgehead atoms. The minimum atomic E-state index is -1.10. The fourth-order valence-corrected chi connectivity index (χ4v) is 3.66. The first-order chi connectivity index (χ1) is 15.5. The average molecular weight is 494 g/mol. The maximum absolute atomic E-state index is 13.1. The molecule has 32 heavy (non-hydrogen) atoms. The van der Waals surface area contributed by atoms with E-state index in [1.807, 2.05) is 42.5 Å². The number of benzene rings is 3. The van der Waals surface area contributed by atoms with Crippen LogP contribution in [-0.2, 0) is 4.79 Å². The zero-order valence-electron chi connectivity index (χ0n) is 17.0. The number of hydrogen-bond acceptors (Lipinski definition) is 5. The molecule has 1 amide bonds. The molecule has 1 heterocycles. The topological polar surface area (TPSA) is 91.2 Å². The largest absolute Gasteiger partial charge is 0.480 e. The summed E-state index contributed by atoms with van der Waals surface area (Å²) < 4.78 is 6.53. The minimum absolute atomic E-state index is 0.286. The Morgan fingerprint density at radius 2 is 1.84 bits per heavy atom. The van der Waals surface area contributed by atoms with E-state index in [-0.39, 0.29) is 11.7 Å². The van der Waals surface area contributed by atoms with Gasteiger partial charge in [-0.25, -0.2) is 4.79 Å². The third-order valence-corrected chi connectivity index (χ3v) is 5.35. The number of nitrogens with one attached hydrogen (secondary N) is 1. The van der Waals surface area contributed by atoms with Crippen molar-refractivity contribution in [3.63, 3.8) is 0 Å². The molecule has 0 radical (unpaired) electrons. The van der Waals surface area contributed by atoms with Crippen LogP contribution in [0.25, 0.3) is 11.1 Å². The molecule has 8 heteroatoms. The summed E-state index contributed by atoms with van der Waals surface area (Å²) in [5, 5.41) is 18.2. The Labute approximate surface area is 193 Å². The Kier molecular flexibility index (Phi) is 6.51. The van der Waals surface area contributed by atoms with Gasteiger partial charge in [0.05, 0.1) is 0 Å². The van der Waals surface area contributed by atoms with Crippen molar-refractivity contribution in [3.8, 4) is 16.9 Å². The molecular weight excluding hydrogens is 474 g/mol. The van der Waals surface area contributed by atoms with E-state index >= 15 is 0 Å². The Morgan fingerprint density at radius 3 is 2.50 bits per heavy atom. The molecule has 2 N–H and O–H groups in total. The van der Waals surface area contributed by atoms with Crippen molar-refractivity contribution in [1.82, 2.24) is 0 Å². The Bertz CT molecular complexity index is 1160. The highest BCUT2D eigenvalue weighted by molar-refractivity contribution is 9.10. The number of ether oxygens (including phenoxy) is 1. The zero-order valence-corrected chi connectivity index (χ0v) is 18.6. The molecule has 0 atom stereocenters. The van der Waals surface area contributed by atoms with Gasteiger partial charge in [0.1, 0.15) is 11.4 Å². The first-order valence-electron chi connectivity index (χ1n) is 9.96. The summed E-state index contributed by atoms with van der Waals surface area (Å²) in [4.78, 5) is 24.3. The van der Waals surface area contributed by atoms with Gasteiger partial charge in [0.2, 0.25) is 0 Å². The van der Waals surface area contributed by atoms with E-state index < -0.39 is 12.6 Å². The highest BCUT2D eigenvalue weighted by Gasteiger charge is 2.23. The van der Waals surface area contributed by atoms with E-state index in [9.17, 15) is 9.59 Å². The molecule has 0 aliphatic carbocycles. The van der Waals surface area contributed by atoms with Gasteiger partial charge in [0.25, 0.3) is 5.91 Å². The molecule has 3 aromatic rings. The van der Waals surface area contributed by atoms with Gasteiger partial charge in [-0.1, -0.05) is 46.3 Å². The monoisotopic (exact) mass is 493 g/mol. The number of carbonyl (C=O) groups excluding carboxylic acids is 1. The smallest absolute Gasteiger partial charge is 0.341 e. The fourth-order valence-electron chi connectivity index (χ4n) is 3.39. The molecule has 162 valence electrons. The van der Waals surface area contributed by atoms with Crippen LogP contribution in [0.5, 0.6) is 5.75 Å². The number of halogens is 1. The van der Waals surface area contributed by atoms with E-state index in [0.717, 1.165) is 22.0 Å². The van der Waals surface area contributed by atoms with Gasteiger partial charge in [-0.15, -0.1) is 0 Å². The number of nitrogens with zero attached hydrogens (tertiary/aromatic N) is 2. The number of hydrazone groups is 1. The van der Waals surface area contributed by atoms with E-state index in [4.69, 9.17) is 9.84 Å². The predicted molar refractivity (Wildman–Crippen MR) is 128 cm³/mol. The second-order valence-electron chi connectivity index (χ2n) is 7.09. The Hall–Kier alpha value is -3.65. The molecule has 4 rings (SSSR count). The van der Waals surface area contributed by atoms with Crippen molar-refractivity contribution in [2.24, 2.45) is 5.10 Å². The number of carbonyl (C=O) groups is 2. The van der Waals surface area contributed by atoms with Crippen molar-refractivity contribution in [2.45, 2.75) is 6.42 Å². The van der Waals surface area contributed by atoms with Gasteiger partial charge < -0.3 is 15.2 Å². The van der Waals surface area contributed by atoms with Crippen LogP contribution >= 0.6 is 15.9 Å². The van der Waals surface area contributed by atoms with E-state index in [1.54, 1.807) is 35.5 Å². The summed E-state index contributed by atoms with van der Waals surface area (Å²) in [6.07, 6.45) is 2.56. The molecule has 3 aromatic carbocycles. The van der Waals surface area contributed by atoms with Crippen LogP contribution in [0.4, 0.5) is 11.4 Å². The molecule has 0 saturated heterocycles. The van der Waals surface area contributed by atoms with Gasteiger partial charge in [0.15, 0.2) is 6.61 Å². The lowest BCUT2D eigenvalue weighted by atomic mass is 9.99. The van der Waals surface area contributed by atoms with Crippen LogP contribution in [0.2, 0.25) is 0 Å². The first-order valence-corrected chi connectivity index (χ1v) is 10.8. The molecule has 0 fully saturated rings. The average Bonchev–Trinajstić information content (AvgIpc) is 3.33. The third kappa shape index (κ3) is 4.97. The molecular formula is C24H20BrN3O4. The molecule has 0 aromatic heterocycles. The van der Waals surface area contributed by atoms with Crippen LogP contribution in [0.1, 0.15) is 16.8 Å². The quantitative estimate of drug-likeness (QED) is 0.481. The van der Waals surface area contributed by atoms with Crippen molar-refractivity contribution in [1.29, 1.82) is 0 Å². The lowest BCUT2D eigenvalue weighted by molar-refractivity contribution is -0.139. The normalized spacial score (nSPS) is 12.6. The number of carboxylic acid groups (broad SMARTS) is 1. The summed E-state index contributed by atoms with van der Waals surface area (Å²) in [5.41, 5.74) is 3.21. The van der Waals surface area contributed by atoms with Crippen molar-refractivity contribution in [2.75, 3.05) is 23.5 Å². The fraction of sp³-hybridized carbons (Fsp3) is 0.125. The minimum Gasteiger partial charge on any atom is -0.480 e. The highest BCUT2D eigenvalue weighted by Crippen LogP contribution is 2.41. The van der Waals surface area contributed by atoms with Crippen molar-refractivity contribution >= 4 is 45.4 Å². The van der Waals surface area contributed by atoms with E-state index in [1.165, 1.54) is 0 Å². The number of rotatable bonds is 7. The molecule has 0 saturated carbocycles. The SMILES string of the molecule is O=C(O)COc1cc(C(=O)Nc2ccc(Br)cc2)cc(-c2ccccc2)c1N1CCC=N1. The predicted octanol–water partition coefficient (Wildman–Crippen LogP) is 5.03. The zero-order chi connectivity index (χ0) is 22.5. The second-order valence-corrected chi connectivity index (χ2v) is 8.01. The number of hydrogen-bond donors (Lipinski definition) is 2. The van der Waals surface area contributed by atoms with Crippen LogP contribution in [0.15, 0.2) is 76.3 Å². The van der Waals surface area contributed by atoms with Gasteiger partial charge in [0, 0.05) is 40.5 Å². The van der Waals surface area contributed by atoms with Crippen molar-refractivity contribution in [3.05, 3.63) is 76.8 Å². The van der Waals surface area contributed by atoms with Crippen molar-refractivity contribution < 1.29 is 19.4 Å². The second kappa shape index (κ2) is 9.65. The molecule has 0 unspecified atom stereocenters.